The van der Waals surface area contributed by atoms with E-state index in [2.05, 4.69) is 43.0 Å². The van der Waals surface area contributed by atoms with Crippen LogP contribution in [0.15, 0.2) is 24.3 Å². The van der Waals surface area contributed by atoms with E-state index in [0.717, 1.165) is 6.54 Å². The number of benzene rings is 1. The number of nitrogens with zero attached hydrogens (tertiary/aromatic N) is 1. The van der Waals surface area contributed by atoms with Crippen LogP contribution in [0.3, 0.4) is 0 Å². The van der Waals surface area contributed by atoms with Crippen LogP contribution in [0.2, 0.25) is 0 Å². The zero-order valence-corrected chi connectivity index (χ0v) is 13.7. The van der Waals surface area contributed by atoms with Gasteiger partial charge < -0.3 is 10.6 Å². The third kappa shape index (κ3) is 2.83. The molecule has 0 radical (unpaired) electrons. The normalized spacial score (nSPS) is 28.8. The van der Waals surface area contributed by atoms with Gasteiger partial charge in [0.1, 0.15) is 0 Å². The van der Waals surface area contributed by atoms with Crippen molar-refractivity contribution >= 4 is 5.69 Å². The Balaban J connectivity index is 1.93. The van der Waals surface area contributed by atoms with E-state index in [-0.39, 0.29) is 5.54 Å². The van der Waals surface area contributed by atoms with Gasteiger partial charge in [-0.25, -0.2) is 0 Å². The molecule has 2 aliphatic rings. The molecule has 1 aliphatic heterocycles. The molecule has 2 N–H and O–H groups in total. The number of hydrogen-bond donors (Lipinski definition) is 1. The van der Waals surface area contributed by atoms with E-state index in [0.29, 0.717) is 5.41 Å². The topological polar surface area (TPSA) is 29.3 Å². The summed E-state index contributed by atoms with van der Waals surface area (Å²) in [6.07, 6.45) is 8.92. The van der Waals surface area contributed by atoms with Crippen molar-refractivity contribution in [3.8, 4) is 0 Å². The monoisotopic (exact) mass is 286 g/mol. The highest BCUT2D eigenvalue weighted by Gasteiger charge is 2.40. The smallest absolute Gasteiger partial charge is 0.0524 e. The highest BCUT2D eigenvalue weighted by molar-refractivity contribution is 5.57. The second kappa shape index (κ2) is 5.64. The van der Waals surface area contributed by atoms with E-state index < -0.39 is 0 Å². The largest absolute Gasteiger partial charge is 0.364 e. The van der Waals surface area contributed by atoms with Crippen LogP contribution in [-0.4, -0.2) is 18.6 Å². The maximum absolute atomic E-state index is 6.34. The van der Waals surface area contributed by atoms with Crippen LogP contribution in [0.4, 0.5) is 5.69 Å². The molecule has 1 atom stereocenters. The first-order valence-corrected chi connectivity index (χ1v) is 8.62. The second-order valence-electron chi connectivity index (χ2n) is 7.83. The summed E-state index contributed by atoms with van der Waals surface area (Å²) < 4.78 is 0. The fourth-order valence-electron chi connectivity index (χ4n) is 4.33. The lowest BCUT2D eigenvalue weighted by Gasteiger charge is -2.47. The molecule has 1 aromatic rings. The molecule has 1 aliphatic carbocycles. The maximum atomic E-state index is 6.34. The molecule has 0 aromatic heterocycles. The molecule has 3 rings (SSSR count). The Bertz CT molecular complexity index is 494. The average Bonchev–Trinajstić information content (AvgIpc) is 2.66. The SMILES string of the molecule is CC1(C)CCCC(CN)(N2CCCc3ccccc32)CC1. The number of para-hydroxylation sites is 1. The number of aryl methyl sites for hydroxylation is 1. The van der Waals surface area contributed by atoms with E-state index >= 15 is 0 Å². The summed E-state index contributed by atoms with van der Waals surface area (Å²) in [6, 6.07) is 8.96. The van der Waals surface area contributed by atoms with E-state index in [1.807, 2.05) is 0 Å². The molecule has 0 saturated heterocycles. The Labute approximate surface area is 129 Å². The van der Waals surface area contributed by atoms with Crippen LogP contribution < -0.4 is 10.6 Å². The van der Waals surface area contributed by atoms with Crippen LogP contribution >= 0.6 is 0 Å². The minimum Gasteiger partial charge on any atom is -0.364 e. The number of fused-ring (bicyclic) bond motifs is 1. The molecule has 0 spiro atoms. The van der Waals surface area contributed by atoms with E-state index in [9.17, 15) is 0 Å². The van der Waals surface area contributed by atoms with Gasteiger partial charge in [-0.1, -0.05) is 38.5 Å². The fourth-order valence-corrected chi connectivity index (χ4v) is 4.33. The molecule has 2 heteroatoms. The van der Waals surface area contributed by atoms with Gasteiger partial charge in [0.15, 0.2) is 0 Å². The van der Waals surface area contributed by atoms with Crippen molar-refractivity contribution in [3.05, 3.63) is 29.8 Å². The van der Waals surface area contributed by atoms with E-state index in [4.69, 9.17) is 5.73 Å². The van der Waals surface area contributed by atoms with Crippen molar-refractivity contribution in [1.82, 2.24) is 0 Å². The molecule has 2 nitrogen and oxygen atoms in total. The quantitative estimate of drug-likeness (QED) is 0.828. The molecule has 0 amide bonds. The summed E-state index contributed by atoms with van der Waals surface area (Å²) in [4.78, 5) is 2.67. The van der Waals surface area contributed by atoms with Crippen molar-refractivity contribution in [1.29, 1.82) is 0 Å². The van der Waals surface area contributed by atoms with Gasteiger partial charge in [0.25, 0.3) is 0 Å². The Morgan fingerprint density at radius 2 is 1.86 bits per heavy atom. The Kier molecular flexibility index (Phi) is 4.00. The first kappa shape index (κ1) is 14.9. The van der Waals surface area contributed by atoms with E-state index in [1.54, 1.807) is 0 Å². The average molecular weight is 286 g/mol. The fraction of sp³-hybridized carbons (Fsp3) is 0.684. The van der Waals surface area contributed by atoms with Crippen LogP contribution in [0, 0.1) is 5.41 Å². The van der Waals surface area contributed by atoms with Crippen molar-refractivity contribution in [2.75, 3.05) is 18.0 Å². The van der Waals surface area contributed by atoms with Gasteiger partial charge in [0.05, 0.1) is 5.54 Å². The molecule has 1 fully saturated rings. The zero-order chi connectivity index (χ0) is 14.9. The minimum atomic E-state index is 0.185. The summed E-state index contributed by atoms with van der Waals surface area (Å²) in [5, 5.41) is 0. The van der Waals surface area contributed by atoms with Crippen molar-refractivity contribution in [3.63, 3.8) is 0 Å². The van der Waals surface area contributed by atoms with Gasteiger partial charge >= 0.3 is 0 Å². The third-order valence-corrected chi connectivity index (χ3v) is 5.83. The van der Waals surface area contributed by atoms with Gasteiger partial charge in [-0.3, -0.25) is 0 Å². The highest BCUT2D eigenvalue weighted by atomic mass is 15.2. The number of nitrogens with two attached hydrogens (primary N) is 1. The van der Waals surface area contributed by atoms with Crippen LogP contribution in [0.25, 0.3) is 0 Å². The summed E-state index contributed by atoms with van der Waals surface area (Å²) >= 11 is 0. The molecule has 116 valence electrons. The van der Waals surface area contributed by atoms with Crippen molar-refractivity contribution in [2.24, 2.45) is 11.1 Å². The summed E-state index contributed by atoms with van der Waals surface area (Å²) in [5.74, 6) is 0. The van der Waals surface area contributed by atoms with Gasteiger partial charge in [-0.2, -0.15) is 0 Å². The molecule has 1 heterocycles. The summed E-state index contributed by atoms with van der Waals surface area (Å²) in [7, 11) is 0. The second-order valence-corrected chi connectivity index (χ2v) is 7.83. The lowest BCUT2D eigenvalue weighted by Crippen LogP contribution is -2.55. The molecule has 21 heavy (non-hydrogen) atoms. The lowest BCUT2D eigenvalue weighted by molar-refractivity contribution is 0.290. The Hall–Kier alpha value is -1.02. The molecular weight excluding hydrogens is 256 g/mol. The molecule has 1 saturated carbocycles. The van der Waals surface area contributed by atoms with Gasteiger partial charge in [0, 0.05) is 18.8 Å². The van der Waals surface area contributed by atoms with Crippen LogP contribution in [-0.2, 0) is 6.42 Å². The highest BCUT2D eigenvalue weighted by Crippen LogP contribution is 2.43. The van der Waals surface area contributed by atoms with Crippen molar-refractivity contribution in [2.45, 2.75) is 64.3 Å². The zero-order valence-electron chi connectivity index (χ0n) is 13.7. The summed E-state index contributed by atoms with van der Waals surface area (Å²) in [6.45, 7) is 6.81. The van der Waals surface area contributed by atoms with Gasteiger partial charge in [0.2, 0.25) is 0 Å². The Morgan fingerprint density at radius 1 is 1.05 bits per heavy atom. The number of hydrogen-bond acceptors (Lipinski definition) is 2. The molecule has 0 bridgehead atoms. The van der Waals surface area contributed by atoms with E-state index in [1.165, 1.54) is 62.7 Å². The third-order valence-electron chi connectivity index (χ3n) is 5.83. The Morgan fingerprint density at radius 3 is 2.67 bits per heavy atom. The molecule has 1 unspecified atom stereocenters. The molecule has 1 aromatic carbocycles. The maximum Gasteiger partial charge on any atom is 0.0524 e. The number of rotatable bonds is 2. The predicted molar refractivity (Wildman–Crippen MR) is 90.8 cm³/mol. The first-order valence-electron chi connectivity index (χ1n) is 8.62. The van der Waals surface area contributed by atoms with Crippen molar-refractivity contribution < 1.29 is 0 Å². The van der Waals surface area contributed by atoms with Gasteiger partial charge in [-0.15, -0.1) is 0 Å². The molecular formula is C19H30N2. The van der Waals surface area contributed by atoms with Gasteiger partial charge in [-0.05, 0) is 55.6 Å². The summed E-state index contributed by atoms with van der Waals surface area (Å²) in [5.41, 5.74) is 9.97. The van der Waals surface area contributed by atoms with Crippen LogP contribution in [0.1, 0.15) is 57.9 Å². The lowest BCUT2D eigenvalue weighted by atomic mass is 9.82. The predicted octanol–water partition coefficient (Wildman–Crippen LogP) is 4.13. The standard InChI is InChI=1S/C19H30N2/c1-18(2)10-6-11-19(15-20,13-12-18)21-14-5-8-16-7-3-4-9-17(16)21/h3-4,7,9H,5-6,8,10-15,20H2,1-2H3. The first-order chi connectivity index (χ1) is 10.1. The minimum absolute atomic E-state index is 0.185. The number of anilines is 1. The van der Waals surface area contributed by atoms with Crippen LogP contribution in [0.5, 0.6) is 0 Å².